The summed E-state index contributed by atoms with van der Waals surface area (Å²) in [4.78, 5) is 14.6. The number of hydrogen-bond acceptors (Lipinski definition) is 6. The molecule has 1 aliphatic rings. The number of carbonyl (C=O) groups is 1. The van der Waals surface area contributed by atoms with E-state index in [1.807, 2.05) is 28.8 Å². The quantitative estimate of drug-likeness (QED) is 0.744. The second-order valence-electron chi connectivity index (χ2n) is 7.23. The van der Waals surface area contributed by atoms with Crippen molar-refractivity contribution in [3.8, 4) is 0 Å². The number of anilines is 1. The maximum absolute atomic E-state index is 12.4. The summed E-state index contributed by atoms with van der Waals surface area (Å²) in [5.41, 5.74) is 0.759. The lowest BCUT2D eigenvalue weighted by molar-refractivity contribution is -0.125. The molecule has 8 nitrogen and oxygen atoms in total. The summed E-state index contributed by atoms with van der Waals surface area (Å²) in [6, 6.07) is 7.61. The number of piperidine rings is 1. The van der Waals surface area contributed by atoms with E-state index >= 15 is 0 Å². The van der Waals surface area contributed by atoms with Gasteiger partial charge in [-0.1, -0.05) is 13.8 Å². The van der Waals surface area contributed by atoms with Gasteiger partial charge in [0.15, 0.2) is 11.5 Å². The third-order valence-electron chi connectivity index (χ3n) is 5.00. The molecule has 3 aromatic rings. The third-order valence-corrected chi connectivity index (χ3v) is 5.00. The minimum atomic E-state index is 0.0288. The van der Waals surface area contributed by atoms with E-state index in [4.69, 9.17) is 9.52 Å². The Hall–Kier alpha value is -2.90. The fraction of sp³-hybridized carbons (Fsp3) is 0.474. The van der Waals surface area contributed by atoms with Gasteiger partial charge in [-0.2, -0.15) is 4.52 Å². The molecule has 0 bridgehead atoms. The minimum Gasteiger partial charge on any atom is -0.467 e. The molecule has 0 atom stereocenters. The van der Waals surface area contributed by atoms with Crippen molar-refractivity contribution in [1.82, 2.24) is 25.1 Å². The van der Waals surface area contributed by atoms with Gasteiger partial charge in [0.2, 0.25) is 5.91 Å². The van der Waals surface area contributed by atoms with E-state index in [-0.39, 0.29) is 17.7 Å². The lowest BCUT2D eigenvalue weighted by atomic mass is 9.96. The van der Waals surface area contributed by atoms with Crippen molar-refractivity contribution >= 4 is 17.4 Å². The Morgan fingerprint density at radius 1 is 1.26 bits per heavy atom. The second kappa shape index (κ2) is 7.38. The molecule has 0 aliphatic carbocycles. The summed E-state index contributed by atoms with van der Waals surface area (Å²) in [6.07, 6.45) is 3.23. The van der Waals surface area contributed by atoms with Crippen molar-refractivity contribution in [2.75, 3.05) is 18.0 Å². The van der Waals surface area contributed by atoms with Gasteiger partial charge in [-0.25, -0.2) is 0 Å². The summed E-state index contributed by atoms with van der Waals surface area (Å²) in [5, 5.41) is 16.1. The molecule has 27 heavy (non-hydrogen) atoms. The molecule has 8 heteroatoms. The van der Waals surface area contributed by atoms with Gasteiger partial charge in [-0.15, -0.1) is 15.3 Å². The zero-order valence-electron chi connectivity index (χ0n) is 15.6. The third kappa shape index (κ3) is 3.65. The largest absolute Gasteiger partial charge is 0.467 e. The SMILES string of the molecule is CC(C)c1nnc2ccc(N3CCC(C(=O)NCc4ccco4)CC3)nn12. The number of hydrogen-bond donors (Lipinski definition) is 1. The number of furan rings is 1. The Morgan fingerprint density at radius 2 is 2.07 bits per heavy atom. The van der Waals surface area contributed by atoms with Crippen molar-refractivity contribution in [3.05, 3.63) is 42.1 Å². The summed E-state index contributed by atoms with van der Waals surface area (Å²) in [7, 11) is 0. The van der Waals surface area contributed by atoms with E-state index in [9.17, 15) is 4.79 Å². The standard InChI is InChI=1S/C19H24N6O2/c1-13(2)18-22-21-16-5-6-17(23-25(16)18)24-9-7-14(8-10-24)19(26)20-12-15-4-3-11-27-15/h3-6,11,13-14H,7-10,12H2,1-2H3,(H,20,26). The highest BCUT2D eigenvalue weighted by molar-refractivity contribution is 5.78. The smallest absolute Gasteiger partial charge is 0.223 e. The second-order valence-corrected chi connectivity index (χ2v) is 7.23. The summed E-state index contributed by atoms with van der Waals surface area (Å²) >= 11 is 0. The van der Waals surface area contributed by atoms with Crippen molar-refractivity contribution in [2.45, 2.75) is 39.2 Å². The van der Waals surface area contributed by atoms with Crippen LogP contribution in [0.1, 0.15) is 44.2 Å². The van der Waals surface area contributed by atoms with Crippen molar-refractivity contribution in [3.63, 3.8) is 0 Å². The molecule has 0 radical (unpaired) electrons. The average Bonchev–Trinajstić information content (AvgIpc) is 3.35. The first-order valence-electron chi connectivity index (χ1n) is 9.39. The molecule has 0 saturated carbocycles. The first-order chi connectivity index (χ1) is 13.1. The van der Waals surface area contributed by atoms with Crippen LogP contribution in [0.2, 0.25) is 0 Å². The predicted octanol–water partition coefficient (Wildman–Crippen LogP) is 2.37. The maximum Gasteiger partial charge on any atom is 0.223 e. The van der Waals surface area contributed by atoms with Crippen LogP contribution in [0.25, 0.3) is 5.65 Å². The number of fused-ring (bicyclic) bond motifs is 1. The molecule has 1 amide bonds. The molecule has 0 spiro atoms. The normalized spacial score (nSPS) is 15.6. The zero-order valence-corrected chi connectivity index (χ0v) is 15.6. The van der Waals surface area contributed by atoms with Gasteiger partial charge in [0.1, 0.15) is 11.6 Å². The van der Waals surface area contributed by atoms with Crippen molar-refractivity contribution in [2.24, 2.45) is 5.92 Å². The molecule has 1 fully saturated rings. The maximum atomic E-state index is 12.4. The molecule has 4 heterocycles. The first kappa shape index (κ1) is 17.5. The van der Waals surface area contributed by atoms with Gasteiger partial charge in [0.25, 0.3) is 0 Å². The van der Waals surface area contributed by atoms with E-state index in [2.05, 4.69) is 34.3 Å². The molecular formula is C19H24N6O2. The molecule has 0 unspecified atom stereocenters. The Kier molecular flexibility index (Phi) is 4.79. The van der Waals surface area contributed by atoms with Crippen LogP contribution in [0.5, 0.6) is 0 Å². The number of carbonyl (C=O) groups excluding carboxylic acids is 1. The van der Waals surface area contributed by atoms with Crippen LogP contribution in [-0.4, -0.2) is 38.8 Å². The fourth-order valence-electron chi connectivity index (χ4n) is 3.43. The highest BCUT2D eigenvalue weighted by atomic mass is 16.3. The number of rotatable bonds is 5. The lowest BCUT2D eigenvalue weighted by Gasteiger charge is -2.32. The van der Waals surface area contributed by atoms with E-state index in [0.717, 1.165) is 49.0 Å². The highest BCUT2D eigenvalue weighted by Gasteiger charge is 2.26. The van der Waals surface area contributed by atoms with Crippen LogP contribution in [0, 0.1) is 5.92 Å². The Labute approximate surface area is 157 Å². The van der Waals surface area contributed by atoms with Crippen LogP contribution in [0.3, 0.4) is 0 Å². The van der Waals surface area contributed by atoms with Gasteiger partial charge in [-0.3, -0.25) is 4.79 Å². The molecule has 1 saturated heterocycles. The van der Waals surface area contributed by atoms with Gasteiger partial charge in [-0.05, 0) is 37.1 Å². The van der Waals surface area contributed by atoms with Crippen LogP contribution < -0.4 is 10.2 Å². The molecule has 3 aromatic heterocycles. The zero-order chi connectivity index (χ0) is 18.8. The molecule has 0 aromatic carbocycles. The highest BCUT2D eigenvalue weighted by Crippen LogP contribution is 2.23. The topological polar surface area (TPSA) is 88.6 Å². The summed E-state index contributed by atoms with van der Waals surface area (Å²) in [5.74, 6) is 2.91. The number of amides is 1. The van der Waals surface area contributed by atoms with E-state index in [0.29, 0.717) is 6.54 Å². The molecule has 1 N–H and O–H groups in total. The molecular weight excluding hydrogens is 344 g/mol. The summed E-state index contributed by atoms with van der Waals surface area (Å²) in [6.45, 7) is 6.21. The monoisotopic (exact) mass is 368 g/mol. The van der Waals surface area contributed by atoms with Crippen LogP contribution in [0.4, 0.5) is 5.82 Å². The average molecular weight is 368 g/mol. The number of aromatic nitrogens is 4. The molecule has 1 aliphatic heterocycles. The predicted molar refractivity (Wildman–Crippen MR) is 100 cm³/mol. The van der Waals surface area contributed by atoms with E-state index < -0.39 is 0 Å². The van der Waals surface area contributed by atoms with Gasteiger partial charge >= 0.3 is 0 Å². The number of nitrogens with one attached hydrogen (secondary N) is 1. The van der Waals surface area contributed by atoms with Crippen molar-refractivity contribution < 1.29 is 9.21 Å². The van der Waals surface area contributed by atoms with Gasteiger partial charge in [0.05, 0.1) is 12.8 Å². The minimum absolute atomic E-state index is 0.0288. The Balaban J connectivity index is 1.38. The molecule has 142 valence electrons. The number of nitrogens with zero attached hydrogens (tertiary/aromatic N) is 5. The van der Waals surface area contributed by atoms with Crippen LogP contribution >= 0.6 is 0 Å². The summed E-state index contributed by atoms with van der Waals surface area (Å²) < 4.78 is 7.08. The van der Waals surface area contributed by atoms with Crippen LogP contribution in [-0.2, 0) is 11.3 Å². The first-order valence-corrected chi connectivity index (χ1v) is 9.39. The van der Waals surface area contributed by atoms with Gasteiger partial charge in [0, 0.05) is 24.9 Å². The van der Waals surface area contributed by atoms with Gasteiger partial charge < -0.3 is 14.6 Å². The lowest BCUT2D eigenvalue weighted by Crippen LogP contribution is -2.40. The van der Waals surface area contributed by atoms with Crippen LogP contribution in [0.15, 0.2) is 34.9 Å². The Bertz CT molecular complexity index is 910. The van der Waals surface area contributed by atoms with E-state index in [1.54, 1.807) is 6.26 Å². The fourth-order valence-corrected chi connectivity index (χ4v) is 3.43. The van der Waals surface area contributed by atoms with Crippen molar-refractivity contribution in [1.29, 1.82) is 0 Å². The Morgan fingerprint density at radius 3 is 2.78 bits per heavy atom. The molecule has 4 rings (SSSR count). The van der Waals surface area contributed by atoms with E-state index in [1.165, 1.54) is 0 Å².